The van der Waals surface area contributed by atoms with Crippen molar-refractivity contribution < 1.29 is 4.79 Å². The van der Waals surface area contributed by atoms with Crippen molar-refractivity contribution in [3.8, 4) is 0 Å². The Morgan fingerprint density at radius 1 is 1.47 bits per heavy atom. The quantitative estimate of drug-likeness (QED) is 0.840. The average Bonchev–Trinajstić information content (AvgIpc) is 2.98. The largest absolute Gasteiger partial charge is 0.327 e. The maximum Gasteiger partial charge on any atom is 0.229 e. The van der Waals surface area contributed by atoms with Crippen LogP contribution >= 0.6 is 0 Å². The molecule has 0 bridgehead atoms. The summed E-state index contributed by atoms with van der Waals surface area (Å²) in [5.41, 5.74) is 8.96. The molecule has 0 aromatic heterocycles. The van der Waals surface area contributed by atoms with Crippen LogP contribution in [0.1, 0.15) is 37.3 Å². The highest BCUT2D eigenvalue weighted by atomic mass is 16.2. The molecular weight excluding hydrogens is 212 g/mol. The molecule has 1 aliphatic carbocycles. The lowest BCUT2D eigenvalue weighted by Gasteiger charge is -2.16. The predicted octanol–water partition coefficient (Wildman–Crippen LogP) is 2.40. The molecule has 0 aliphatic heterocycles. The van der Waals surface area contributed by atoms with Crippen molar-refractivity contribution in [1.82, 2.24) is 0 Å². The summed E-state index contributed by atoms with van der Waals surface area (Å²) >= 11 is 0. The molecule has 1 amide bonds. The number of aryl methyl sites for hydroxylation is 1. The third-order valence-corrected chi connectivity index (χ3v) is 3.35. The van der Waals surface area contributed by atoms with E-state index < -0.39 is 0 Å². The molecule has 1 aromatic carbocycles. The van der Waals surface area contributed by atoms with Crippen LogP contribution in [0.25, 0.3) is 0 Å². The van der Waals surface area contributed by atoms with Crippen molar-refractivity contribution in [2.45, 2.75) is 39.2 Å². The first kappa shape index (κ1) is 12.1. The van der Waals surface area contributed by atoms with E-state index >= 15 is 0 Å². The summed E-state index contributed by atoms with van der Waals surface area (Å²) in [6.07, 6.45) is 0.814. The third kappa shape index (κ3) is 2.50. The van der Waals surface area contributed by atoms with E-state index in [-0.39, 0.29) is 17.9 Å². The van der Waals surface area contributed by atoms with Gasteiger partial charge in [0, 0.05) is 11.7 Å². The normalized spacial score (nSPS) is 22.6. The summed E-state index contributed by atoms with van der Waals surface area (Å²) in [5, 5.41) is 3.03. The summed E-state index contributed by atoms with van der Waals surface area (Å²) in [5.74, 6) is 0.474. The lowest BCUT2D eigenvalue weighted by molar-refractivity contribution is -0.117. The van der Waals surface area contributed by atoms with Crippen LogP contribution in [0.4, 0.5) is 5.69 Å². The zero-order chi connectivity index (χ0) is 12.6. The molecule has 0 spiro atoms. The van der Waals surface area contributed by atoms with Crippen LogP contribution in [0.5, 0.6) is 0 Å². The molecule has 17 heavy (non-hydrogen) atoms. The minimum atomic E-state index is 0.00891. The van der Waals surface area contributed by atoms with Gasteiger partial charge in [-0.15, -0.1) is 0 Å². The number of benzene rings is 1. The molecule has 1 saturated carbocycles. The second-order valence-electron chi connectivity index (χ2n) is 5.19. The summed E-state index contributed by atoms with van der Waals surface area (Å²) in [7, 11) is 0. The highest BCUT2D eigenvalue weighted by Crippen LogP contribution is 2.32. The molecule has 92 valence electrons. The third-order valence-electron chi connectivity index (χ3n) is 3.35. The van der Waals surface area contributed by atoms with Gasteiger partial charge in [-0.25, -0.2) is 0 Å². The number of nitrogens with two attached hydrogens (primary N) is 1. The van der Waals surface area contributed by atoms with Crippen LogP contribution in [0.2, 0.25) is 0 Å². The van der Waals surface area contributed by atoms with Crippen LogP contribution in [-0.2, 0) is 4.79 Å². The highest BCUT2D eigenvalue weighted by Gasteiger charge is 2.40. The molecule has 3 nitrogen and oxygen atoms in total. The summed E-state index contributed by atoms with van der Waals surface area (Å²) in [4.78, 5) is 11.9. The lowest BCUT2D eigenvalue weighted by Crippen LogP contribution is -2.20. The number of hydrogen-bond acceptors (Lipinski definition) is 2. The Kier molecular flexibility index (Phi) is 3.20. The van der Waals surface area contributed by atoms with Crippen LogP contribution in [0.15, 0.2) is 18.2 Å². The zero-order valence-corrected chi connectivity index (χ0v) is 10.7. The molecule has 0 heterocycles. The second-order valence-corrected chi connectivity index (χ2v) is 5.19. The number of nitrogens with one attached hydrogen (secondary N) is 1. The van der Waals surface area contributed by atoms with Gasteiger partial charge in [0.15, 0.2) is 0 Å². The van der Waals surface area contributed by atoms with Gasteiger partial charge in [0.2, 0.25) is 5.91 Å². The van der Waals surface area contributed by atoms with Crippen molar-refractivity contribution in [2.75, 3.05) is 5.32 Å². The van der Waals surface area contributed by atoms with Gasteiger partial charge in [-0.1, -0.05) is 32.0 Å². The van der Waals surface area contributed by atoms with E-state index in [0.717, 1.165) is 17.7 Å². The Balaban J connectivity index is 2.22. The van der Waals surface area contributed by atoms with Gasteiger partial charge in [0.25, 0.3) is 0 Å². The Morgan fingerprint density at radius 3 is 2.65 bits per heavy atom. The number of para-hydroxylation sites is 1. The maximum absolute atomic E-state index is 11.9. The zero-order valence-electron chi connectivity index (χ0n) is 10.7. The monoisotopic (exact) mass is 232 g/mol. The van der Waals surface area contributed by atoms with Crippen molar-refractivity contribution in [3.05, 3.63) is 29.3 Å². The average molecular weight is 232 g/mol. The van der Waals surface area contributed by atoms with Gasteiger partial charge in [-0.2, -0.15) is 0 Å². The van der Waals surface area contributed by atoms with E-state index in [4.69, 9.17) is 5.73 Å². The number of rotatable bonds is 3. The first-order valence-corrected chi connectivity index (χ1v) is 6.16. The van der Waals surface area contributed by atoms with E-state index in [1.807, 2.05) is 19.1 Å². The molecule has 3 heteroatoms. The minimum Gasteiger partial charge on any atom is -0.327 e. The van der Waals surface area contributed by atoms with Gasteiger partial charge >= 0.3 is 0 Å². The van der Waals surface area contributed by atoms with Gasteiger partial charge in [-0.05, 0) is 30.4 Å². The van der Waals surface area contributed by atoms with Crippen LogP contribution in [-0.4, -0.2) is 11.9 Å². The number of carbonyl (C=O) groups excluding carboxylic acids is 1. The Hall–Kier alpha value is -1.35. The fraction of sp³-hybridized carbons (Fsp3) is 0.500. The Labute approximate surface area is 102 Å². The van der Waals surface area contributed by atoms with Crippen LogP contribution in [0, 0.1) is 12.8 Å². The van der Waals surface area contributed by atoms with Gasteiger partial charge in [0.05, 0.1) is 5.92 Å². The minimum absolute atomic E-state index is 0.00891. The van der Waals surface area contributed by atoms with E-state index in [1.54, 1.807) is 0 Å². The smallest absolute Gasteiger partial charge is 0.229 e. The topological polar surface area (TPSA) is 55.1 Å². The second kappa shape index (κ2) is 4.49. The molecule has 1 aliphatic rings. The SMILES string of the molecule is Cc1cccc(C(C)C)c1NC(=O)C1CC1N. The molecule has 1 fully saturated rings. The molecule has 0 radical (unpaired) electrons. The molecule has 2 unspecified atom stereocenters. The predicted molar refractivity (Wildman–Crippen MR) is 70.0 cm³/mol. The van der Waals surface area contributed by atoms with E-state index in [1.165, 1.54) is 5.56 Å². The van der Waals surface area contributed by atoms with Gasteiger partial charge in [-0.3, -0.25) is 4.79 Å². The Morgan fingerprint density at radius 2 is 2.12 bits per heavy atom. The highest BCUT2D eigenvalue weighted by molar-refractivity contribution is 5.96. The Bertz CT molecular complexity index is 440. The molecule has 2 atom stereocenters. The number of carbonyl (C=O) groups is 1. The summed E-state index contributed by atoms with van der Waals surface area (Å²) < 4.78 is 0. The van der Waals surface area contributed by atoms with Crippen LogP contribution in [0.3, 0.4) is 0 Å². The molecule has 1 aromatic rings. The van der Waals surface area contributed by atoms with E-state index in [9.17, 15) is 4.79 Å². The first-order valence-electron chi connectivity index (χ1n) is 6.16. The van der Waals surface area contributed by atoms with Gasteiger partial charge < -0.3 is 11.1 Å². The van der Waals surface area contributed by atoms with Crippen molar-refractivity contribution in [1.29, 1.82) is 0 Å². The maximum atomic E-state index is 11.9. The fourth-order valence-electron chi connectivity index (χ4n) is 2.07. The van der Waals surface area contributed by atoms with E-state index in [2.05, 4.69) is 25.2 Å². The van der Waals surface area contributed by atoms with Crippen molar-refractivity contribution in [3.63, 3.8) is 0 Å². The van der Waals surface area contributed by atoms with Crippen molar-refractivity contribution in [2.24, 2.45) is 11.7 Å². The molecule has 0 saturated heterocycles. The number of anilines is 1. The molecular formula is C14H20N2O. The number of hydrogen-bond donors (Lipinski definition) is 2. The molecule has 2 rings (SSSR count). The van der Waals surface area contributed by atoms with Crippen LogP contribution < -0.4 is 11.1 Å². The summed E-state index contributed by atoms with van der Waals surface area (Å²) in [6, 6.07) is 6.18. The number of amides is 1. The summed E-state index contributed by atoms with van der Waals surface area (Å²) in [6.45, 7) is 6.29. The van der Waals surface area contributed by atoms with Crippen molar-refractivity contribution >= 4 is 11.6 Å². The molecule has 3 N–H and O–H groups in total. The first-order chi connectivity index (χ1) is 8.00. The van der Waals surface area contributed by atoms with Gasteiger partial charge in [0.1, 0.15) is 0 Å². The lowest BCUT2D eigenvalue weighted by atomic mass is 9.98. The standard InChI is InChI=1S/C14H20N2O/c1-8(2)10-6-4-5-9(3)13(10)16-14(17)11-7-12(11)15/h4-6,8,11-12H,7,15H2,1-3H3,(H,16,17). The van der Waals surface area contributed by atoms with E-state index in [0.29, 0.717) is 5.92 Å². The fourth-order valence-corrected chi connectivity index (χ4v) is 2.07.